The number of alkyl halides is 2. The Morgan fingerprint density at radius 2 is 2.20 bits per heavy atom. The smallest absolute Gasteiger partial charge is 0.106 e. The van der Waals surface area contributed by atoms with Gasteiger partial charge in [-0.3, -0.25) is 0 Å². The van der Waals surface area contributed by atoms with E-state index in [1.807, 2.05) is 0 Å². The molecule has 0 aliphatic heterocycles. The van der Waals surface area contributed by atoms with Gasteiger partial charge in [0.15, 0.2) is 0 Å². The maximum Gasteiger partial charge on any atom is 0.106 e. The first-order chi connectivity index (χ1) is 2.27. The summed E-state index contributed by atoms with van der Waals surface area (Å²) in [7, 11) is 0. The van der Waals surface area contributed by atoms with Gasteiger partial charge in [0, 0.05) is 0 Å². The van der Waals surface area contributed by atoms with Gasteiger partial charge >= 0.3 is 0 Å². The molecule has 0 rings (SSSR count). The molecule has 0 N–H and O–H groups in total. The van der Waals surface area contributed by atoms with E-state index in [4.69, 9.17) is 11.6 Å². The second-order valence-electron chi connectivity index (χ2n) is 0.570. The van der Waals surface area contributed by atoms with Gasteiger partial charge in [-0.1, -0.05) is 22.0 Å². The molecule has 0 aromatic rings. The van der Waals surface area contributed by atoms with Crippen LogP contribution in [-0.2, 0) is 0 Å². The highest BCUT2D eigenvalue weighted by atomic mass is 79.9. The van der Waals surface area contributed by atoms with Gasteiger partial charge in [0.1, 0.15) is 4.29 Å². The number of hydrogen-bond donors (Lipinski definition) is 0. The van der Waals surface area contributed by atoms with Crippen LogP contribution in [0.15, 0.2) is 12.7 Å². The van der Waals surface area contributed by atoms with Gasteiger partial charge in [0.25, 0.3) is 0 Å². The fourth-order valence-corrected chi connectivity index (χ4v) is 0. The fourth-order valence-electron chi connectivity index (χ4n) is 0. The Labute approximate surface area is 45.0 Å². The molecule has 30 valence electrons. The standard InChI is InChI=1S/C3H4BrCl/c1-2-3(4)5/h2-3H,1H2/t3-/m1/s1. The molecule has 0 aromatic carbocycles. The zero-order valence-electron chi connectivity index (χ0n) is 2.62. The van der Waals surface area contributed by atoms with Crippen LogP contribution in [-0.4, -0.2) is 4.29 Å². The first-order valence-electron chi connectivity index (χ1n) is 1.18. The largest absolute Gasteiger partial charge is 0.106 e. The van der Waals surface area contributed by atoms with E-state index < -0.39 is 0 Å². The maximum atomic E-state index is 5.26. The third kappa shape index (κ3) is 4.51. The summed E-state index contributed by atoms with van der Waals surface area (Å²) in [5.74, 6) is 0. The van der Waals surface area contributed by atoms with Crippen molar-refractivity contribution < 1.29 is 0 Å². The summed E-state index contributed by atoms with van der Waals surface area (Å²) < 4.78 is -0.0671. The Kier molecular flexibility index (Phi) is 3.01. The lowest BCUT2D eigenvalue weighted by Gasteiger charge is -1.78. The average Bonchev–Trinajstić information content (AvgIpc) is 1.38. The predicted molar refractivity (Wildman–Crippen MR) is 28.8 cm³/mol. The van der Waals surface area contributed by atoms with Gasteiger partial charge in [-0.05, 0) is 0 Å². The Bertz CT molecular complexity index is 33.9. The van der Waals surface area contributed by atoms with Crippen LogP contribution in [0.25, 0.3) is 0 Å². The fraction of sp³-hybridized carbons (Fsp3) is 0.333. The van der Waals surface area contributed by atoms with Crippen molar-refractivity contribution in [3.8, 4) is 0 Å². The SMILES string of the molecule is C=C[C@@H](Cl)Br. The van der Waals surface area contributed by atoms with Crippen molar-refractivity contribution in [2.75, 3.05) is 0 Å². The second-order valence-corrected chi connectivity index (χ2v) is 2.55. The van der Waals surface area contributed by atoms with E-state index in [0.29, 0.717) is 0 Å². The molecule has 0 unspecified atom stereocenters. The molecule has 5 heavy (non-hydrogen) atoms. The average molecular weight is 155 g/mol. The van der Waals surface area contributed by atoms with Crippen molar-refractivity contribution in [3.63, 3.8) is 0 Å². The molecule has 0 aliphatic rings. The summed E-state index contributed by atoms with van der Waals surface area (Å²) >= 11 is 8.28. The minimum Gasteiger partial charge on any atom is -0.106 e. The molecule has 2 heteroatoms. The summed E-state index contributed by atoms with van der Waals surface area (Å²) in [4.78, 5) is 0. The molecule has 0 radical (unpaired) electrons. The topological polar surface area (TPSA) is 0 Å². The Hall–Kier alpha value is 0.510. The Balaban J connectivity index is 2.83. The van der Waals surface area contributed by atoms with E-state index in [1.165, 1.54) is 0 Å². The first-order valence-corrected chi connectivity index (χ1v) is 2.53. The van der Waals surface area contributed by atoms with Gasteiger partial charge < -0.3 is 0 Å². The van der Waals surface area contributed by atoms with Crippen LogP contribution in [0.2, 0.25) is 0 Å². The van der Waals surface area contributed by atoms with Gasteiger partial charge in [0.2, 0.25) is 0 Å². The summed E-state index contributed by atoms with van der Waals surface area (Å²) in [6, 6.07) is 0. The summed E-state index contributed by atoms with van der Waals surface area (Å²) in [5.41, 5.74) is 0. The van der Waals surface area contributed by atoms with Crippen molar-refractivity contribution >= 4 is 27.5 Å². The number of allylic oxidation sites excluding steroid dienone is 1. The van der Waals surface area contributed by atoms with Crippen LogP contribution in [0.3, 0.4) is 0 Å². The van der Waals surface area contributed by atoms with Crippen molar-refractivity contribution in [1.82, 2.24) is 0 Å². The molecule has 0 heterocycles. The molecular weight excluding hydrogens is 151 g/mol. The second kappa shape index (κ2) is 2.73. The van der Waals surface area contributed by atoms with Gasteiger partial charge in [0.05, 0.1) is 0 Å². The Morgan fingerprint density at radius 1 is 2.00 bits per heavy atom. The van der Waals surface area contributed by atoms with E-state index in [2.05, 4.69) is 22.5 Å². The molecular formula is C3H4BrCl. The Morgan fingerprint density at radius 3 is 2.20 bits per heavy atom. The highest BCUT2D eigenvalue weighted by Crippen LogP contribution is 2.02. The van der Waals surface area contributed by atoms with E-state index >= 15 is 0 Å². The third-order valence-electron chi connectivity index (χ3n) is 0.178. The minimum absolute atomic E-state index is 0.0671. The van der Waals surface area contributed by atoms with Crippen LogP contribution >= 0.6 is 27.5 Å². The van der Waals surface area contributed by atoms with E-state index in [-0.39, 0.29) is 4.29 Å². The molecule has 0 fully saturated rings. The highest BCUT2D eigenvalue weighted by molar-refractivity contribution is 9.10. The normalized spacial score (nSPS) is 14.0. The van der Waals surface area contributed by atoms with Gasteiger partial charge in [-0.2, -0.15) is 0 Å². The summed E-state index contributed by atoms with van der Waals surface area (Å²) in [6.07, 6.45) is 1.60. The lowest BCUT2D eigenvalue weighted by Crippen LogP contribution is -1.67. The van der Waals surface area contributed by atoms with E-state index in [1.54, 1.807) is 6.08 Å². The molecule has 0 spiro atoms. The highest BCUT2D eigenvalue weighted by Gasteiger charge is 1.80. The number of halogens is 2. The molecule has 0 aliphatic carbocycles. The first kappa shape index (κ1) is 5.51. The van der Waals surface area contributed by atoms with Crippen LogP contribution in [0.4, 0.5) is 0 Å². The monoisotopic (exact) mass is 154 g/mol. The van der Waals surface area contributed by atoms with E-state index in [9.17, 15) is 0 Å². The molecule has 0 nitrogen and oxygen atoms in total. The van der Waals surface area contributed by atoms with Crippen LogP contribution < -0.4 is 0 Å². The zero-order valence-corrected chi connectivity index (χ0v) is 4.96. The predicted octanol–water partition coefficient (Wildman–Crippen LogP) is 2.13. The molecule has 0 bridgehead atoms. The molecule has 0 saturated heterocycles. The lowest BCUT2D eigenvalue weighted by atomic mass is 10.8. The minimum atomic E-state index is -0.0671. The lowest BCUT2D eigenvalue weighted by molar-refractivity contribution is 1.70. The van der Waals surface area contributed by atoms with Crippen molar-refractivity contribution in [3.05, 3.63) is 12.7 Å². The van der Waals surface area contributed by atoms with Gasteiger partial charge in [-0.15, -0.1) is 18.2 Å². The number of rotatable bonds is 1. The summed E-state index contributed by atoms with van der Waals surface area (Å²) in [6.45, 7) is 3.38. The van der Waals surface area contributed by atoms with Crippen molar-refractivity contribution in [2.45, 2.75) is 4.29 Å². The van der Waals surface area contributed by atoms with Crippen LogP contribution in [0.1, 0.15) is 0 Å². The maximum absolute atomic E-state index is 5.26. The molecule has 0 aromatic heterocycles. The third-order valence-corrected chi connectivity index (χ3v) is 0.730. The molecule has 0 saturated carbocycles. The van der Waals surface area contributed by atoms with E-state index in [0.717, 1.165) is 0 Å². The van der Waals surface area contributed by atoms with Crippen molar-refractivity contribution in [2.24, 2.45) is 0 Å². The quantitative estimate of drug-likeness (QED) is 0.402. The van der Waals surface area contributed by atoms with Crippen LogP contribution in [0.5, 0.6) is 0 Å². The zero-order chi connectivity index (χ0) is 4.28. The van der Waals surface area contributed by atoms with Gasteiger partial charge in [-0.25, -0.2) is 0 Å². The molecule has 0 amide bonds. The number of hydrogen-bond acceptors (Lipinski definition) is 0. The van der Waals surface area contributed by atoms with Crippen LogP contribution in [0, 0.1) is 0 Å². The van der Waals surface area contributed by atoms with Crippen molar-refractivity contribution in [1.29, 1.82) is 0 Å². The summed E-state index contributed by atoms with van der Waals surface area (Å²) in [5, 5.41) is 0. The molecule has 1 atom stereocenters.